The molecule has 1 aliphatic rings. The van der Waals surface area contributed by atoms with Crippen molar-refractivity contribution in [1.82, 2.24) is 4.90 Å². The molecule has 1 N–H and O–H groups in total. The van der Waals surface area contributed by atoms with Gasteiger partial charge in [-0.3, -0.25) is 19.0 Å². The van der Waals surface area contributed by atoms with Crippen molar-refractivity contribution in [3.05, 3.63) is 35.4 Å². The summed E-state index contributed by atoms with van der Waals surface area (Å²) in [4.78, 5) is 25.7. The van der Waals surface area contributed by atoms with Crippen molar-refractivity contribution in [2.75, 3.05) is 12.3 Å². The zero-order chi connectivity index (χ0) is 18.3. The average Bonchev–Trinajstić information content (AvgIpc) is 2.80. The number of carbonyl (C=O) groups excluding carboxylic acids is 2. The lowest BCUT2D eigenvalue weighted by molar-refractivity contribution is 0.0651. The largest absolute Gasteiger partial charge is 0.286 e. The molecule has 1 aliphatic heterocycles. The number of fused-ring (bicyclic) bond motifs is 1. The van der Waals surface area contributed by atoms with Gasteiger partial charge in [-0.15, -0.1) is 0 Å². The molecule has 1 aromatic carbocycles. The Morgan fingerprint density at radius 2 is 1.20 bits per heavy atom. The predicted molar refractivity (Wildman–Crippen MR) is 95.2 cm³/mol. The van der Waals surface area contributed by atoms with Gasteiger partial charge in [-0.2, -0.15) is 8.42 Å². The molecule has 0 aliphatic carbocycles. The highest BCUT2D eigenvalue weighted by molar-refractivity contribution is 7.85. The van der Waals surface area contributed by atoms with E-state index in [9.17, 15) is 18.0 Å². The molecule has 6 nitrogen and oxygen atoms in total. The van der Waals surface area contributed by atoms with Crippen LogP contribution in [0.2, 0.25) is 0 Å². The number of carbonyl (C=O) groups is 2. The lowest BCUT2D eigenvalue weighted by Crippen LogP contribution is -2.30. The van der Waals surface area contributed by atoms with E-state index in [2.05, 4.69) is 0 Å². The highest BCUT2D eigenvalue weighted by Gasteiger charge is 2.34. The maximum atomic E-state index is 12.2. The number of amides is 2. The first-order valence-electron chi connectivity index (χ1n) is 8.80. The van der Waals surface area contributed by atoms with Crippen LogP contribution in [0.4, 0.5) is 0 Å². The van der Waals surface area contributed by atoms with E-state index in [4.69, 9.17) is 4.55 Å². The molecule has 2 rings (SSSR count). The van der Waals surface area contributed by atoms with Gasteiger partial charge in [0.15, 0.2) is 0 Å². The second-order valence-electron chi connectivity index (χ2n) is 6.42. The normalized spacial score (nSPS) is 14.2. The summed E-state index contributed by atoms with van der Waals surface area (Å²) in [6.45, 7) is 0.459. The fourth-order valence-electron chi connectivity index (χ4n) is 3.06. The van der Waals surface area contributed by atoms with E-state index in [0.29, 0.717) is 24.1 Å². The SMILES string of the molecule is O=C1c2ccccc2C(=O)N1CCCCCCCCCCS(=O)(=O)O. The third-order valence-electron chi connectivity index (χ3n) is 4.41. The van der Waals surface area contributed by atoms with Crippen LogP contribution in [0.5, 0.6) is 0 Å². The smallest absolute Gasteiger partial charge is 0.264 e. The lowest BCUT2D eigenvalue weighted by Gasteiger charge is -2.13. The number of imide groups is 1. The maximum Gasteiger partial charge on any atom is 0.264 e. The van der Waals surface area contributed by atoms with Gasteiger partial charge in [-0.25, -0.2) is 0 Å². The maximum absolute atomic E-state index is 12.2. The fraction of sp³-hybridized carbons (Fsp3) is 0.556. The molecule has 1 heterocycles. The first kappa shape index (κ1) is 19.6. The van der Waals surface area contributed by atoms with Crippen LogP contribution in [0.25, 0.3) is 0 Å². The van der Waals surface area contributed by atoms with Crippen LogP contribution in [0, 0.1) is 0 Å². The van der Waals surface area contributed by atoms with Crippen molar-refractivity contribution in [3.63, 3.8) is 0 Å². The van der Waals surface area contributed by atoms with Gasteiger partial charge in [0.05, 0.1) is 16.9 Å². The Balaban J connectivity index is 1.54. The molecule has 0 saturated heterocycles. The Bertz CT molecular complexity index is 679. The van der Waals surface area contributed by atoms with Gasteiger partial charge in [0.1, 0.15) is 0 Å². The molecular formula is C18H25NO5S. The second-order valence-corrected chi connectivity index (χ2v) is 7.99. The van der Waals surface area contributed by atoms with Gasteiger partial charge in [0, 0.05) is 6.54 Å². The Morgan fingerprint density at radius 1 is 0.760 bits per heavy atom. The molecule has 138 valence electrons. The summed E-state index contributed by atoms with van der Waals surface area (Å²) < 4.78 is 29.8. The number of hydrogen-bond donors (Lipinski definition) is 1. The molecule has 0 fully saturated rings. The van der Waals surface area contributed by atoms with Crippen molar-refractivity contribution >= 4 is 21.9 Å². The number of benzene rings is 1. The van der Waals surface area contributed by atoms with Crippen molar-refractivity contribution in [3.8, 4) is 0 Å². The monoisotopic (exact) mass is 367 g/mol. The van der Waals surface area contributed by atoms with Crippen molar-refractivity contribution in [2.45, 2.75) is 51.4 Å². The molecule has 0 spiro atoms. The third-order valence-corrected chi connectivity index (χ3v) is 5.22. The summed E-state index contributed by atoms with van der Waals surface area (Å²) in [6.07, 6.45) is 7.11. The van der Waals surface area contributed by atoms with Gasteiger partial charge < -0.3 is 0 Å². The predicted octanol–water partition coefficient (Wildman–Crippen LogP) is 3.29. The zero-order valence-electron chi connectivity index (χ0n) is 14.3. The van der Waals surface area contributed by atoms with Crippen molar-refractivity contribution < 1.29 is 22.6 Å². The molecule has 0 bridgehead atoms. The Morgan fingerprint density at radius 3 is 1.68 bits per heavy atom. The fourth-order valence-corrected chi connectivity index (χ4v) is 3.63. The molecule has 0 aromatic heterocycles. The standard InChI is InChI=1S/C18H25NO5S/c20-17-15-11-7-8-12-16(15)18(21)19(17)13-9-5-3-1-2-4-6-10-14-25(22,23)24/h7-8,11-12H,1-6,9-10,13-14H2,(H,22,23,24). The van der Waals surface area contributed by atoms with Crippen LogP contribution >= 0.6 is 0 Å². The highest BCUT2D eigenvalue weighted by Crippen LogP contribution is 2.22. The van der Waals surface area contributed by atoms with E-state index in [1.807, 2.05) is 0 Å². The molecule has 0 unspecified atom stereocenters. The van der Waals surface area contributed by atoms with Gasteiger partial charge in [-0.1, -0.05) is 50.7 Å². The van der Waals surface area contributed by atoms with Crippen molar-refractivity contribution in [1.29, 1.82) is 0 Å². The summed E-state index contributed by atoms with van der Waals surface area (Å²) in [5.74, 6) is -0.549. The molecule has 0 saturated carbocycles. The van der Waals surface area contributed by atoms with E-state index < -0.39 is 10.1 Å². The minimum atomic E-state index is -3.83. The van der Waals surface area contributed by atoms with Gasteiger partial charge >= 0.3 is 0 Å². The third kappa shape index (κ3) is 5.93. The highest BCUT2D eigenvalue weighted by atomic mass is 32.2. The zero-order valence-corrected chi connectivity index (χ0v) is 15.1. The van der Waals surface area contributed by atoms with E-state index in [1.165, 1.54) is 4.90 Å². The van der Waals surface area contributed by atoms with E-state index in [1.54, 1.807) is 24.3 Å². The van der Waals surface area contributed by atoms with Gasteiger partial charge in [0.2, 0.25) is 0 Å². The van der Waals surface area contributed by atoms with Crippen molar-refractivity contribution in [2.24, 2.45) is 0 Å². The first-order chi connectivity index (χ1) is 11.9. The van der Waals surface area contributed by atoms with Gasteiger partial charge in [-0.05, 0) is 25.0 Å². The summed E-state index contributed by atoms with van der Waals surface area (Å²) in [6, 6.07) is 6.92. The quantitative estimate of drug-likeness (QED) is 0.368. The molecule has 2 amide bonds. The number of unbranched alkanes of at least 4 members (excludes halogenated alkanes) is 7. The first-order valence-corrected chi connectivity index (χ1v) is 10.4. The van der Waals surface area contributed by atoms with Crippen LogP contribution in [0.15, 0.2) is 24.3 Å². The summed E-state index contributed by atoms with van der Waals surface area (Å²) in [7, 11) is -3.83. The molecule has 0 radical (unpaired) electrons. The topological polar surface area (TPSA) is 91.8 Å². The van der Waals surface area contributed by atoms with E-state index in [-0.39, 0.29) is 17.6 Å². The molecule has 7 heteroatoms. The van der Waals surface area contributed by atoms with Crippen LogP contribution in [-0.2, 0) is 10.1 Å². The summed E-state index contributed by atoms with van der Waals surface area (Å²) in [5, 5.41) is 0. The van der Waals surface area contributed by atoms with E-state index >= 15 is 0 Å². The Hall–Kier alpha value is -1.73. The molecular weight excluding hydrogens is 342 g/mol. The second kappa shape index (κ2) is 9.10. The van der Waals surface area contributed by atoms with Crippen LogP contribution < -0.4 is 0 Å². The lowest BCUT2D eigenvalue weighted by atomic mass is 10.1. The number of nitrogens with zero attached hydrogens (tertiary/aromatic N) is 1. The Labute approximate surface area is 149 Å². The minimum Gasteiger partial charge on any atom is -0.286 e. The average molecular weight is 367 g/mol. The van der Waals surface area contributed by atoms with Crippen LogP contribution in [0.1, 0.15) is 72.1 Å². The number of rotatable bonds is 11. The van der Waals surface area contributed by atoms with Crippen LogP contribution in [0.3, 0.4) is 0 Å². The van der Waals surface area contributed by atoms with Gasteiger partial charge in [0.25, 0.3) is 21.9 Å². The summed E-state index contributed by atoms with van der Waals surface area (Å²) in [5.41, 5.74) is 0.995. The molecule has 0 atom stereocenters. The van der Waals surface area contributed by atoms with Crippen LogP contribution in [-0.4, -0.2) is 42.0 Å². The number of hydrogen-bond acceptors (Lipinski definition) is 4. The minimum absolute atomic E-state index is 0.159. The summed E-state index contributed by atoms with van der Waals surface area (Å²) >= 11 is 0. The molecule has 1 aromatic rings. The Kier molecular flexibility index (Phi) is 7.13. The molecule has 25 heavy (non-hydrogen) atoms. The van der Waals surface area contributed by atoms with E-state index in [0.717, 1.165) is 44.9 Å².